The number of carbonyl (C=O) groups is 3. The van der Waals surface area contributed by atoms with E-state index >= 15 is 4.79 Å². The molecule has 1 spiro atoms. The molecule has 4 aliphatic heterocycles. The molecule has 2 saturated carbocycles. The highest BCUT2D eigenvalue weighted by Crippen LogP contribution is 2.66. The number of likely N-dealkylation sites (N-methyl/N-ethyl adjacent to an activating group) is 1. The third-order valence-corrected chi connectivity index (χ3v) is 18.0. The van der Waals surface area contributed by atoms with Gasteiger partial charge in [-0.25, -0.2) is 4.79 Å². The van der Waals surface area contributed by atoms with E-state index in [4.69, 9.17) is 14.2 Å². The quantitative estimate of drug-likeness (QED) is 0.0721. The molecule has 1 aromatic heterocycles. The van der Waals surface area contributed by atoms with Crippen LogP contribution in [0.5, 0.6) is 5.75 Å². The van der Waals surface area contributed by atoms with Gasteiger partial charge in [0.05, 0.1) is 25.8 Å². The zero-order chi connectivity index (χ0) is 49.5. The fraction of sp³-hybridized carbons (Fsp3) is 0.466. The van der Waals surface area contributed by atoms with Crippen molar-refractivity contribution < 1.29 is 33.7 Å². The van der Waals surface area contributed by atoms with Crippen molar-refractivity contribution in [3.63, 3.8) is 0 Å². The van der Waals surface area contributed by atoms with Gasteiger partial charge in [-0.15, -0.1) is 0 Å². The van der Waals surface area contributed by atoms with Crippen LogP contribution in [0.2, 0.25) is 0 Å². The molecule has 3 fully saturated rings. The number of rotatable bonds is 9. The summed E-state index contributed by atoms with van der Waals surface area (Å²) in [6, 6.07) is 29.9. The average Bonchev–Trinajstić information content (AvgIpc) is 3.67. The highest BCUT2D eigenvalue weighted by molar-refractivity contribution is 5.94. The number of para-hydroxylation sites is 1. The normalized spacial score (nSPS) is 31.7. The molecule has 5 heterocycles. The lowest BCUT2D eigenvalue weighted by atomic mass is 9.51. The number of methoxy groups -OCH3 is 2. The van der Waals surface area contributed by atoms with Crippen LogP contribution >= 0.6 is 0 Å². The highest BCUT2D eigenvalue weighted by atomic mass is 16.6. The Bertz CT molecular complexity index is 2900. The van der Waals surface area contributed by atoms with E-state index in [2.05, 4.69) is 93.1 Å². The van der Waals surface area contributed by atoms with Crippen LogP contribution in [0.3, 0.4) is 0 Å². The molecule has 13 heteroatoms. The summed E-state index contributed by atoms with van der Waals surface area (Å²) < 4.78 is 18.8. The number of aromatic nitrogens is 1. The largest absolute Gasteiger partial charge is 0.496 e. The molecule has 2 amide bonds. The summed E-state index contributed by atoms with van der Waals surface area (Å²) in [6.45, 7) is 8.44. The third-order valence-electron chi connectivity index (χ3n) is 18.0. The lowest BCUT2D eigenvalue weighted by Crippen LogP contribution is -2.74. The van der Waals surface area contributed by atoms with Gasteiger partial charge in [-0.05, 0) is 116 Å². The number of hydrogen-bond donors (Lipinski definition) is 5. The number of aliphatic hydroxyl groups is 1. The topological polar surface area (TPSA) is 157 Å². The molecule has 11 rings (SSSR count). The van der Waals surface area contributed by atoms with E-state index in [1.165, 1.54) is 14.0 Å². The fourth-order valence-corrected chi connectivity index (χ4v) is 14.7. The molecule has 372 valence electrons. The summed E-state index contributed by atoms with van der Waals surface area (Å²) in [5.74, 6) is 0.0761. The zero-order valence-corrected chi connectivity index (χ0v) is 41.8. The van der Waals surface area contributed by atoms with Crippen LogP contribution in [0, 0.1) is 17.3 Å². The van der Waals surface area contributed by atoms with E-state index in [9.17, 15) is 14.7 Å². The first-order valence-electron chi connectivity index (χ1n) is 25.7. The number of aliphatic hydroxyl groups excluding tert-OH is 1. The predicted octanol–water partition coefficient (Wildman–Crippen LogP) is 8.24. The number of esters is 2. The second kappa shape index (κ2) is 17.9. The summed E-state index contributed by atoms with van der Waals surface area (Å²) in [7, 11) is 5.19. The second-order valence-electron chi connectivity index (χ2n) is 21.4. The van der Waals surface area contributed by atoms with E-state index in [1.807, 2.05) is 61.6 Å². The SMILES string of the molecule is CCC1(NC(=O)Nc2ccc(-c3ccccc3)cc2)CNCCc2c([nH]c3ccccc23)[C@@](C(=O)OC)(c2cc3c(cc2OC)N(C)C2[C@H](O)[C@H](OC(C)=O)[C@]4(CC)C=CCN5CC[C@]32[C@@H]54)C[C@@H]2C[C@@H]2C1. The van der Waals surface area contributed by atoms with Crippen LogP contribution in [-0.2, 0) is 36.3 Å². The minimum atomic E-state index is -1.35. The Balaban J connectivity index is 1.01. The molecular formula is C58H68N6O7. The van der Waals surface area contributed by atoms with E-state index in [0.29, 0.717) is 50.2 Å². The Morgan fingerprint density at radius 1 is 0.901 bits per heavy atom. The number of nitrogens with one attached hydrogen (secondary N) is 4. The minimum absolute atomic E-state index is 0.0962. The Labute approximate surface area is 416 Å². The number of fused-ring (bicyclic) bond motifs is 5. The van der Waals surface area contributed by atoms with Crippen LogP contribution in [0.1, 0.15) is 81.7 Å². The van der Waals surface area contributed by atoms with Crippen LogP contribution in [0.4, 0.5) is 16.2 Å². The van der Waals surface area contributed by atoms with Crippen molar-refractivity contribution in [2.45, 2.75) is 106 Å². The van der Waals surface area contributed by atoms with Gasteiger partial charge in [0.15, 0.2) is 0 Å². The maximum absolute atomic E-state index is 15.6. The highest BCUT2D eigenvalue weighted by Gasteiger charge is 2.73. The second-order valence-corrected chi connectivity index (χ2v) is 21.4. The number of hydrogen-bond acceptors (Lipinski definition) is 10. The number of H-pyrrole nitrogens is 1. The first-order chi connectivity index (χ1) is 34.4. The van der Waals surface area contributed by atoms with Crippen LogP contribution in [0.15, 0.2) is 103 Å². The van der Waals surface area contributed by atoms with Gasteiger partial charge in [0.25, 0.3) is 0 Å². The van der Waals surface area contributed by atoms with Gasteiger partial charge in [-0.1, -0.05) is 86.7 Å². The van der Waals surface area contributed by atoms with Gasteiger partial charge in [0.1, 0.15) is 23.4 Å². The molecule has 5 N–H and O–H groups in total. The van der Waals surface area contributed by atoms with Crippen LogP contribution < -0.4 is 25.6 Å². The Hall–Kier alpha value is -6.15. The van der Waals surface area contributed by atoms with Crippen molar-refractivity contribution >= 4 is 40.2 Å². The summed E-state index contributed by atoms with van der Waals surface area (Å²) in [4.78, 5) is 51.1. The molecule has 2 aliphatic carbocycles. The molecule has 71 heavy (non-hydrogen) atoms. The number of amides is 2. The van der Waals surface area contributed by atoms with Crippen molar-refractivity contribution in [3.05, 3.63) is 126 Å². The van der Waals surface area contributed by atoms with Crippen molar-refractivity contribution in [1.82, 2.24) is 20.5 Å². The molecule has 0 bridgehead atoms. The van der Waals surface area contributed by atoms with Crippen molar-refractivity contribution in [3.8, 4) is 16.9 Å². The van der Waals surface area contributed by atoms with E-state index < -0.39 is 46.0 Å². The molecule has 10 atom stereocenters. The maximum atomic E-state index is 15.6. The van der Waals surface area contributed by atoms with Gasteiger partial charge in [-0.2, -0.15) is 0 Å². The monoisotopic (exact) mass is 961 g/mol. The zero-order valence-electron chi connectivity index (χ0n) is 41.8. The first kappa shape index (κ1) is 47.2. The number of anilines is 2. The maximum Gasteiger partial charge on any atom is 0.322 e. The Morgan fingerprint density at radius 3 is 2.38 bits per heavy atom. The molecule has 4 aromatic carbocycles. The van der Waals surface area contributed by atoms with Crippen LogP contribution in [-0.4, -0.2) is 110 Å². The van der Waals surface area contributed by atoms with E-state index in [1.54, 1.807) is 7.11 Å². The number of ether oxygens (including phenoxy) is 3. The lowest BCUT2D eigenvalue weighted by molar-refractivity contribution is -0.184. The number of aromatic amines is 1. The summed E-state index contributed by atoms with van der Waals surface area (Å²) in [5, 5.41) is 24.2. The van der Waals surface area contributed by atoms with Gasteiger partial charge >= 0.3 is 18.0 Å². The van der Waals surface area contributed by atoms with Gasteiger partial charge in [0.2, 0.25) is 0 Å². The van der Waals surface area contributed by atoms with Crippen molar-refractivity contribution in [2.24, 2.45) is 17.3 Å². The summed E-state index contributed by atoms with van der Waals surface area (Å²) in [5.41, 5.74) is 5.25. The average molecular weight is 961 g/mol. The minimum Gasteiger partial charge on any atom is -0.496 e. The standard InChI is InChI=1S/C58H68N6O7/c1-7-55(62-54(68)60-40-21-19-37(20-22-40)36-15-10-9-11-16-36)32-38-29-39(38)33-58(53(67)70-6,49-42(23-26-59-34-55)41-17-12-13-18-45(41)61-49)44-30-43-46(31-47(44)69-5)63(4)50-48(66)51(71-35(3)65)56(8-2)24-14-27-64-28-25-57(43,50)52(56)64/h9-22,24,30-31,38-39,48,50-52,59,61,66H,7-8,23,25-29,32-34H2,1-6H3,(H2,60,62,68)/t38-,39+,48+,50?,51+,52+,55?,56+,57+,58+/m1/s1. The smallest absolute Gasteiger partial charge is 0.322 e. The van der Waals surface area contributed by atoms with Crippen LogP contribution in [0.25, 0.3) is 22.0 Å². The van der Waals surface area contributed by atoms with Gasteiger partial charge in [-0.3, -0.25) is 14.5 Å². The molecule has 1 saturated heterocycles. The van der Waals surface area contributed by atoms with Gasteiger partial charge < -0.3 is 45.2 Å². The van der Waals surface area contributed by atoms with E-state index in [-0.39, 0.29) is 29.9 Å². The molecular weight excluding hydrogens is 893 g/mol. The third kappa shape index (κ3) is 7.31. The van der Waals surface area contributed by atoms with E-state index in [0.717, 1.165) is 82.5 Å². The molecule has 13 nitrogen and oxygen atoms in total. The lowest BCUT2D eigenvalue weighted by Gasteiger charge is -2.60. The number of urea groups is 1. The van der Waals surface area contributed by atoms with Crippen molar-refractivity contribution in [1.29, 1.82) is 0 Å². The molecule has 5 aromatic rings. The Kier molecular flexibility index (Phi) is 11.9. The molecule has 2 unspecified atom stereocenters. The molecule has 6 aliphatic rings. The molecule has 0 radical (unpaired) electrons. The van der Waals surface area contributed by atoms with Gasteiger partial charge in [0, 0.05) is 83.5 Å². The fourth-order valence-electron chi connectivity index (χ4n) is 14.7. The predicted molar refractivity (Wildman–Crippen MR) is 276 cm³/mol. The number of carbonyl (C=O) groups excluding carboxylic acids is 3. The Morgan fingerprint density at radius 2 is 1.65 bits per heavy atom. The summed E-state index contributed by atoms with van der Waals surface area (Å²) >= 11 is 0. The van der Waals surface area contributed by atoms with Crippen molar-refractivity contribution in [2.75, 3.05) is 57.7 Å². The number of nitrogens with zero attached hydrogens (tertiary/aromatic N) is 2. The number of benzene rings is 4. The first-order valence-corrected chi connectivity index (χ1v) is 25.7. The summed E-state index contributed by atoms with van der Waals surface area (Å²) in [6.07, 6.45) is 7.42.